The average molecular weight is 528 g/mol. The number of benzene rings is 3. The summed E-state index contributed by atoms with van der Waals surface area (Å²) in [4.78, 5) is 28.4. The Balaban J connectivity index is 1.52. The molecule has 1 amide bonds. The Morgan fingerprint density at radius 3 is 2.44 bits per heavy atom. The molecule has 1 aliphatic heterocycles. The first-order chi connectivity index (χ1) is 19.0. The van der Waals surface area contributed by atoms with Crippen molar-refractivity contribution in [3.05, 3.63) is 101 Å². The number of hydrogen-bond donors (Lipinski definition) is 1. The van der Waals surface area contributed by atoms with Crippen molar-refractivity contribution < 1.29 is 33.3 Å². The van der Waals surface area contributed by atoms with Crippen molar-refractivity contribution in [3.8, 4) is 17.2 Å². The molecule has 0 fully saturated rings. The summed E-state index contributed by atoms with van der Waals surface area (Å²) < 4.78 is 22.8. The van der Waals surface area contributed by atoms with Gasteiger partial charge in [-0.15, -0.1) is 0 Å². The summed E-state index contributed by atoms with van der Waals surface area (Å²) >= 11 is 0. The number of carbonyl (C=O) groups is 2. The van der Waals surface area contributed by atoms with Gasteiger partial charge in [-0.3, -0.25) is 9.59 Å². The van der Waals surface area contributed by atoms with Gasteiger partial charge in [0.2, 0.25) is 5.78 Å². The predicted molar refractivity (Wildman–Crippen MR) is 145 cm³/mol. The van der Waals surface area contributed by atoms with Crippen LogP contribution >= 0.6 is 0 Å². The quantitative estimate of drug-likeness (QED) is 0.252. The maximum absolute atomic E-state index is 13.8. The number of ketones is 1. The Bertz CT molecular complexity index is 1550. The minimum absolute atomic E-state index is 0.00183. The van der Waals surface area contributed by atoms with Gasteiger partial charge in [0.15, 0.2) is 34.4 Å². The molecule has 200 valence electrons. The van der Waals surface area contributed by atoms with Crippen LogP contribution in [0.15, 0.2) is 88.5 Å². The van der Waals surface area contributed by atoms with Crippen molar-refractivity contribution in [2.75, 3.05) is 20.8 Å². The Morgan fingerprint density at radius 2 is 1.72 bits per heavy atom. The Hall–Kier alpha value is -4.72. The van der Waals surface area contributed by atoms with Gasteiger partial charge < -0.3 is 28.6 Å². The van der Waals surface area contributed by atoms with Gasteiger partial charge >= 0.3 is 0 Å². The molecular formula is C31H29NO7. The third kappa shape index (κ3) is 4.81. The largest absolute Gasteiger partial charge is 0.503 e. The van der Waals surface area contributed by atoms with Crippen molar-refractivity contribution in [1.29, 1.82) is 0 Å². The number of rotatable bonds is 10. The molecule has 2 heterocycles. The highest BCUT2D eigenvalue weighted by Gasteiger charge is 2.44. The van der Waals surface area contributed by atoms with Crippen LogP contribution in [-0.4, -0.2) is 42.5 Å². The van der Waals surface area contributed by atoms with Crippen molar-refractivity contribution in [3.63, 3.8) is 0 Å². The fourth-order valence-corrected chi connectivity index (χ4v) is 4.85. The van der Waals surface area contributed by atoms with Crippen molar-refractivity contribution in [2.24, 2.45) is 0 Å². The summed E-state index contributed by atoms with van der Waals surface area (Å²) in [6.07, 6.45) is 0.633. The number of nitrogens with zero attached hydrogens (tertiary/aromatic N) is 1. The summed E-state index contributed by atoms with van der Waals surface area (Å²) in [5.74, 6) is -0.335. The number of Topliss-reactive ketones (excluding diaryl/α,β-unsaturated/α-hetero) is 1. The zero-order valence-electron chi connectivity index (χ0n) is 22.0. The summed E-state index contributed by atoms with van der Waals surface area (Å²) in [6.45, 7) is 2.61. The Morgan fingerprint density at radius 1 is 0.949 bits per heavy atom. The zero-order valence-corrected chi connectivity index (χ0v) is 22.0. The highest BCUT2D eigenvalue weighted by atomic mass is 16.5. The van der Waals surface area contributed by atoms with Gasteiger partial charge in [-0.2, -0.15) is 0 Å². The van der Waals surface area contributed by atoms with Gasteiger partial charge in [-0.05, 0) is 41.8 Å². The zero-order chi connectivity index (χ0) is 27.5. The number of hydrogen-bond acceptors (Lipinski definition) is 7. The molecule has 3 aromatic carbocycles. The lowest BCUT2D eigenvalue weighted by molar-refractivity contribution is -0.129. The molecule has 8 nitrogen and oxygen atoms in total. The SMILES string of the molecule is CCCN1C(=O)C(O)=C(C(=O)c2cc3cccc(OC)c3o2)C1c1ccc(OCc2ccccc2)c(OC)c1. The fourth-order valence-electron chi connectivity index (χ4n) is 4.85. The van der Waals surface area contributed by atoms with Crippen LogP contribution in [0.5, 0.6) is 17.2 Å². The van der Waals surface area contributed by atoms with Gasteiger partial charge in [-0.1, -0.05) is 55.5 Å². The van der Waals surface area contributed by atoms with Crippen molar-refractivity contribution in [2.45, 2.75) is 26.0 Å². The molecule has 39 heavy (non-hydrogen) atoms. The van der Waals surface area contributed by atoms with Crippen LogP contribution < -0.4 is 14.2 Å². The van der Waals surface area contributed by atoms with Gasteiger partial charge in [0, 0.05) is 11.9 Å². The number of aliphatic hydroxyl groups is 1. The first-order valence-electron chi connectivity index (χ1n) is 12.7. The molecule has 0 spiro atoms. The van der Waals surface area contributed by atoms with Crippen LogP contribution in [0.1, 0.15) is 41.1 Å². The number of para-hydroxylation sites is 1. The van der Waals surface area contributed by atoms with E-state index in [2.05, 4.69) is 0 Å². The second kappa shape index (κ2) is 10.9. The normalized spacial score (nSPS) is 15.2. The second-order valence-corrected chi connectivity index (χ2v) is 9.17. The maximum Gasteiger partial charge on any atom is 0.290 e. The lowest BCUT2D eigenvalue weighted by atomic mass is 9.94. The number of aliphatic hydroxyl groups excluding tert-OH is 1. The predicted octanol–water partition coefficient (Wildman–Crippen LogP) is 6.02. The molecule has 4 aromatic rings. The van der Waals surface area contributed by atoms with Crippen molar-refractivity contribution in [1.82, 2.24) is 4.90 Å². The van der Waals surface area contributed by atoms with E-state index in [0.29, 0.717) is 53.4 Å². The molecule has 1 aliphatic rings. The monoisotopic (exact) mass is 527 g/mol. The fraction of sp³-hybridized carbons (Fsp3) is 0.226. The molecule has 0 radical (unpaired) electrons. The molecule has 0 bridgehead atoms. The number of ether oxygens (including phenoxy) is 3. The van der Waals surface area contributed by atoms with Crippen LogP contribution in [0.4, 0.5) is 0 Å². The lowest BCUT2D eigenvalue weighted by Gasteiger charge is -2.27. The molecule has 0 aliphatic carbocycles. The van der Waals surface area contributed by atoms with Gasteiger partial charge in [0.1, 0.15) is 6.61 Å². The summed E-state index contributed by atoms with van der Waals surface area (Å²) in [7, 11) is 3.04. The van der Waals surface area contributed by atoms with Crippen LogP contribution in [0.2, 0.25) is 0 Å². The second-order valence-electron chi connectivity index (χ2n) is 9.17. The maximum atomic E-state index is 13.8. The minimum atomic E-state index is -0.836. The summed E-state index contributed by atoms with van der Waals surface area (Å²) in [5.41, 5.74) is 1.96. The van der Waals surface area contributed by atoms with Crippen LogP contribution in [-0.2, 0) is 11.4 Å². The number of carbonyl (C=O) groups excluding carboxylic acids is 2. The van der Waals surface area contributed by atoms with Gasteiger partial charge in [0.25, 0.3) is 5.91 Å². The van der Waals surface area contributed by atoms with E-state index in [1.165, 1.54) is 19.1 Å². The molecule has 0 saturated heterocycles. The van der Waals surface area contributed by atoms with Gasteiger partial charge in [0.05, 0.1) is 25.8 Å². The Labute approximate surface area is 226 Å². The van der Waals surface area contributed by atoms with E-state index in [1.54, 1.807) is 42.5 Å². The van der Waals surface area contributed by atoms with E-state index in [-0.39, 0.29) is 11.3 Å². The highest BCUT2D eigenvalue weighted by Crippen LogP contribution is 2.42. The summed E-state index contributed by atoms with van der Waals surface area (Å²) in [5, 5.41) is 11.6. The number of methoxy groups -OCH3 is 2. The minimum Gasteiger partial charge on any atom is -0.503 e. The van der Waals surface area contributed by atoms with E-state index < -0.39 is 23.5 Å². The van der Waals surface area contributed by atoms with E-state index in [9.17, 15) is 14.7 Å². The third-order valence-corrected chi connectivity index (χ3v) is 6.71. The number of fused-ring (bicyclic) bond motifs is 1. The molecule has 1 N–H and O–H groups in total. The molecule has 1 unspecified atom stereocenters. The van der Waals surface area contributed by atoms with E-state index in [1.807, 2.05) is 37.3 Å². The van der Waals surface area contributed by atoms with Gasteiger partial charge in [-0.25, -0.2) is 0 Å². The highest BCUT2D eigenvalue weighted by molar-refractivity contribution is 6.16. The topological polar surface area (TPSA) is 98.4 Å². The van der Waals surface area contributed by atoms with Crippen LogP contribution in [0, 0.1) is 0 Å². The third-order valence-electron chi connectivity index (χ3n) is 6.71. The van der Waals surface area contributed by atoms with Crippen LogP contribution in [0.3, 0.4) is 0 Å². The van der Waals surface area contributed by atoms with Crippen molar-refractivity contribution >= 4 is 22.7 Å². The molecule has 5 rings (SSSR count). The smallest absolute Gasteiger partial charge is 0.290 e. The van der Waals surface area contributed by atoms with E-state index in [0.717, 1.165) is 5.56 Å². The lowest BCUT2D eigenvalue weighted by Crippen LogP contribution is -2.31. The standard InChI is InChI=1S/C31H29NO7/c1-4-15-32-27(20-13-14-22(24(16-20)37-3)38-18-19-9-6-5-7-10-19)26(29(34)31(32)35)28(33)25-17-21-11-8-12-23(36-2)30(21)39-25/h5-14,16-17,27,34H,4,15,18H2,1-3H3. The van der Waals surface area contributed by atoms with Crippen LogP contribution in [0.25, 0.3) is 11.0 Å². The summed E-state index contributed by atoms with van der Waals surface area (Å²) in [6, 6.07) is 21.1. The first-order valence-corrected chi connectivity index (χ1v) is 12.7. The van der Waals surface area contributed by atoms with E-state index >= 15 is 0 Å². The number of amides is 1. The molecule has 8 heteroatoms. The Kier molecular flexibility index (Phi) is 7.27. The molecule has 1 atom stereocenters. The molecule has 0 saturated carbocycles. The first kappa shape index (κ1) is 25.9. The average Bonchev–Trinajstić information content (AvgIpc) is 3.51. The molecular weight excluding hydrogens is 498 g/mol. The number of furan rings is 1. The van der Waals surface area contributed by atoms with E-state index in [4.69, 9.17) is 18.6 Å². The molecule has 1 aromatic heterocycles.